The largest absolute Gasteiger partial charge is 0.508 e. The Balaban J connectivity index is 2.06. The van der Waals surface area contributed by atoms with Crippen molar-refractivity contribution in [2.45, 2.75) is 31.8 Å². The lowest BCUT2D eigenvalue weighted by Gasteiger charge is -2.28. The van der Waals surface area contributed by atoms with Gasteiger partial charge in [-0.1, -0.05) is 0 Å². The zero-order chi connectivity index (χ0) is 13.8. The Morgan fingerprint density at radius 1 is 1.53 bits per heavy atom. The first-order chi connectivity index (χ1) is 9.11. The number of phenolic OH excluding ortho intramolecular Hbond substituents is 1. The quantitative estimate of drug-likeness (QED) is 0.855. The van der Waals surface area contributed by atoms with Crippen LogP contribution in [0, 0.1) is 0 Å². The summed E-state index contributed by atoms with van der Waals surface area (Å²) in [5, 5.41) is 13.5. The molecule has 106 valence electrons. The molecule has 19 heavy (non-hydrogen) atoms. The molecule has 0 saturated carbocycles. The zero-order valence-corrected chi connectivity index (χ0v) is 12.0. The highest BCUT2D eigenvalue weighted by Crippen LogP contribution is 2.31. The average molecular weight is 264 g/mol. The van der Waals surface area contributed by atoms with Crippen LogP contribution in [0.5, 0.6) is 11.5 Å². The van der Waals surface area contributed by atoms with Crippen molar-refractivity contribution in [3.8, 4) is 11.5 Å². The lowest BCUT2D eigenvalue weighted by molar-refractivity contribution is 0.233. The Labute approximate surface area is 115 Å². The van der Waals surface area contributed by atoms with Gasteiger partial charge in [0.1, 0.15) is 11.5 Å². The standard InChI is InChI=1S/C15H24N2O2/c1-11(17(2)10-12-5-4-8-16-12)14-9-13(19-3)6-7-15(14)18/h6-7,9,11-12,16,18H,4-5,8,10H2,1-3H3. The maximum atomic E-state index is 10.0. The Bertz CT molecular complexity index is 417. The fourth-order valence-electron chi connectivity index (χ4n) is 2.65. The van der Waals surface area contributed by atoms with E-state index >= 15 is 0 Å². The molecule has 1 fully saturated rings. The monoisotopic (exact) mass is 264 g/mol. The van der Waals surface area contributed by atoms with E-state index in [-0.39, 0.29) is 6.04 Å². The number of benzene rings is 1. The number of rotatable bonds is 5. The van der Waals surface area contributed by atoms with Crippen LogP contribution in [0.1, 0.15) is 31.4 Å². The fourth-order valence-corrected chi connectivity index (χ4v) is 2.65. The second kappa shape index (κ2) is 6.26. The molecule has 2 atom stereocenters. The van der Waals surface area contributed by atoms with Crippen molar-refractivity contribution in [3.63, 3.8) is 0 Å². The van der Waals surface area contributed by atoms with Gasteiger partial charge in [-0.15, -0.1) is 0 Å². The van der Waals surface area contributed by atoms with Gasteiger partial charge in [0, 0.05) is 24.2 Å². The Morgan fingerprint density at radius 2 is 2.32 bits per heavy atom. The molecule has 1 aliphatic heterocycles. The van der Waals surface area contributed by atoms with Crippen molar-refractivity contribution in [2.24, 2.45) is 0 Å². The summed E-state index contributed by atoms with van der Waals surface area (Å²) in [7, 11) is 3.75. The molecule has 0 amide bonds. The van der Waals surface area contributed by atoms with Crippen molar-refractivity contribution in [2.75, 3.05) is 27.2 Å². The van der Waals surface area contributed by atoms with Crippen LogP contribution in [0.4, 0.5) is 0 Å². The first kappa shape index (κ1) is 14.2. The number of nitrogens with one attached hydrogen (secondary N) is 1. The number of aromatic hydroxyl groups is 1. The maximum absolute atomic E-state index is 10.0. The van der Waals surface area contributed by atoms with Gasteiger partial charge in [-0.2, -0.15) is 0 Å². The molecule has 1 heterocycles. The van der Waals surface area contributed by atoms with Crippen LogP contribution in [0.3, 0.4) is 0 Å². The minimum absolute atomic E-state index is 0.164. The summed E-state index contributed by atoms with van der Waals surface area (Å²) >= 11 is 0. The summed E-state index contributed by atoms with van der Waals surface area (Å²) in [4.78, 5) is 2.28. The number of hydrogen-bond acceptors (Lipinski definition) is 4. The molecule has 2 unspecified atom stereocenters. The molecule has 4 heteroatoms. The highest BCUT2D eigenvalue weighted by Gasteiger charge is 2.21. The van der Waals surface area contributed by atoms with Gasteiger partial charge in [0.2, 0.25) is 0 Å². The Kier molecular flexibility index (Phi) is 4.66. The number of ether oxygens (including phenoxy) is 1. The summed E-state index contributed by atoms with van der Waals surface area (Å²) in [6, 6.07) is 6.13. The molecule has 1 aliphatic rings. The third-order valence-electron chi connectivity index (χ3n) is 4.02. The van der Waals surface area contributed by atoms with Crippen LogP contribution in [0.25, 0.3) is 0 Å². The predicted molar refractivity (Wildman–Crippen MR) is 76.7 cm³/mol. The van der Waals surface area contributed by atoms with E-state index in [9.17, 15) is 5.11 Å². The second-order valence-electron chi connectivity index (χ2n) is 5.33. The molecule has 2 N–H and O–H groups in total. The van der Waals surface area contributed by atoms with Gasteiger partial charge in [0.05, 0.1) is 7.11 Å². The summed E-state index contributed by atoms with van der Waals surface area (Å²) in [5.74, 6) is 1.12. The molecule has 1 saturated heterocycles. The predicted octanol–water partition coefficient (Wildman–Crippen LogP) is 2.15. The SMILES string of the molecule is COc1ccc(O)c(C(C)N(C)CC2CCCN2)c1. The fraction of sp³-hybridized carbons (Fsp3) is 0.600. The molecule has 1 aromatic carbocycles. The van der Waals surface area contributed by atoms with E-state index < -0.39 is 0 Å². The van der Waals surface area contributed by atoms with E-state index in [0.717, 1.165) is 24.4 Å². The van der Waals surface area contributed by atoms with E-state index in [1.54, 1.807) is 19.2 Å². The zero-order valence-electron chi connectivity index (χ0n) is 12.0. The average Bonchev–Trinajstić information content (AvgIpc) is 2.91. The van der Waals surface area contributed by atoms with E-state index in [0.29, 0.717) is 11.8 Å². The molecule has 0 radical (unpaired) electrons. The Hall–Kier alpha value is -1.26. The van der Waals surface area contributed by atoms with Crippen molar-refractivity contribution in [3.05, 3.63) is 23.8 Å². The van der Waals surface area contributed by atoms with Crippen molar-refractivity contribution in [1.82, 2.24) is 10.2 Å². The number of likely N-dealkylation sites (N-methyl/N-ethyl adjacent to an activating group) is 1. The highest BCUT2D eigenvalue weighted by molar-refractivity contribution is 5.41. The van der Waals surface area contributed by atoms with Crippen LogP contribution in [-0.2, 0) is 0 Å². The lowest BCUT2D eigenvalue weighted by atomic mass is 10.0. The third kappa shape index (κ3) is 3.39. The van der Waals surface area contributed by atoms with Crippen LogP contribution in [-0.4, -0.2) is 43.3 Å². The van der Waals surface area contributed by atoms with Gasteiger partial charge in [-0.25, -0.2) is 0 Å². The van der Waals surface area contributed by atoms with Crippen molar-refractivity contribution in [1.29, 1.82) is 0 Å². The van der Waals surface area contributed by atoms with E-state index in [2.05, 4.69) is 24.2 Å². The molecule has 1 aromatic rings. The maximum Gasteiger partial charge on any atom is 0.120 e. The van der Waals surface area contributed by atoms with Crippen LogP contribution >= 0.6 is 0 Å². The van der Waals surface area contributed by atoms with E-state index in [1.807, 2.05) is 6.07 Å². The second-order valence-corrected chi connectivity index (χ2v) is 5.33. The molecular formula is C15H24N2O2. The van der Waals surface area contributed by atoms with E-state index in [1.165, 1.54) is 12.8 Å². The molecule has 0 bridgehead atoms. The van der Waals surface area contributed by atoms with Gasteiger partial charge in [-0.3, -0.25) is 4.90 Å². The summed E-state index contributed by atoms with van der Waals surface area (Å²) in [6.45, 7) is 4.23. The lowest BCUT2D eigenvalue weighted by Crippen LogP contribution is -2.36. The van der Waals surface area contributed by atoms with Crippen LogP contribution in [0.15, 0.2) is 18.2 Å². The van der Waals surface area contributed by atoms with E-state index in [4.69, 9.17) is 4.74 Å². The van der Waals surface area contributed by atoms with Gasteiger partial charge in [0.25, 0.3) is 0 Å². The van der Waals surface area contributed by atoms with Crippen molar-refractivity contribution < 1.29 is 9.84 Å². The Morgan fingerprint density at radius 3 is 2.95 bits per heavy atom. The number of phenols is 1. The number of methoxy groups -OCH3 is 1. The van der Waals surface area contributed by atoms with Crippen LogP contribution < -0.4 is 10.1 Å². The minimum Gasteiger partial charge on any atom is -0.508 e. The first-order valence-electron chi connectivity index (χ1n) is 6.92. The smallest absolute Gasteiger partial charge is 0.120 e. The summed E-state index contributed by atoms with van der Waals surface area (Å²) in [6.07, 6.45) is 2.50. The molecule has 2 rings (SSSR count). The topological polar surface area (TPSA) is 44.7 Å². The highest BCUT2D eigenvalue weighted by atomic mass is 16.5. The number of hydrogen-bond donors (Lipinski definition) is 2. The van der Waals surface area contributed by atoms with Crippen molar-refractivity contribution >= 4 is 0 Å². The van der Waals surface area contributed by atoms with Gasteiger partial charge in [-0.05, 0) is 51.6 Å². The molecular weight excluding hydrogens is 240 g/mol. The molecule has 0 aromatic heterocycles. The molecule has 4 nitrogen and oxygen atoms in total. The molecule has 0 aliphatic carbocycles. The third-order valence-corrected chi connectivity index (χ3v) is 4.02. The summed E-state index contributed by atoms with van der Waals surface area (Å²) < 4.78 is 5.23. The number of nitrogens with zero attached hydrogens (tertiary/aromatic N) is 1. The normalized spacial score (nSPS) is 20.7. The minimum atomic E-state index is 0.164. The molecule has 0 spiro atoms. The van der Waals surface area contributed by atoms with Gasteiger partial charge in [0.15, 0.2) is 0 Å². The summed E-state index contributed by atoms with van der Waals surface area (Å²) in [5.41, 5.74) is 0.917. The van der Waals surface area contributed by atoms with Crippen LogP contribution in [0.2, 0.25) is 0 Å². The first-order valence-corrected chi connectivity index (χ1v) is 6.92. The van der Waals surface area contributed by atoms with Gasteiger partial charge < -0.3 is 15.2 Å². The van der Waals surface area contributed by atoms with Gasteiger partial charge >= 0.3 is 0 Å².